The Balaban J connectivity index is 1.77. The SMILES string of the molecule is CCN(C)c1ccc2c(c1)Oc1cc(C)c(Nc3cccc(C)c3)cc1C2(OC)c1ccccc1C=O. The molecule has 0 fully saturated rings. The molecule has 1 atom stereocenters. The molecule has 0 amide bonds. The fourth-order valence-electron chi connectivity index (χ4n) is 5.16. The molecule has 0 saturated carbocycles. The summed E-state index contributed by atoms with van der Waals surface area (Å²) in [5.74, 6) is 1.42. The van der Waals surface area contributed by atoms with Gasteiger partial charge >= 0.3 is 0 Å². The molecule has 0 spiro atoms. The molecular weight excluding hydrogens is 460 g/mol. The summed E-state index contributed by atoms with van der Waals surface area (Å²) in [5.41, 5.74) is 7.23. The summed E-state index contributed by atoms with van der Waals surface area (Å²) < 4.78 is 13.0. The van der Waals surface area contributed by atoms with Gasteiger partial charge in [0.25, 0.3) is 0 Å². The van der Waals surface area contributed by atoms with Gasteiger partial charge in [0.1, 0.15) is 17.8 Å². The number of benzene rings is 4. The third-order valence-corrected chi connectivity index (χ3v) is 7.26. The van der Waals surface area contributed by atoms with Crippen molar-refractivity contribution >= 4 is 23.3 Å². The Morgan fingerprint density at radius 3 is 2.43 bits per heavy atom. The van der Waals surface area contributed by atoms with Crippen molar-refractivity contribution in [3.8, 4) is 11.5 Å². The van der Waals surface area contributed by atoms with E-state index in [4.69, 9.17) is 9.47 Å². The van der Waals surface area contributed by atoms with Crippen LogP contribution in [0.5, 0.6) is 11.5 Å². The van der Waals surface area contributed by atoms with Crippen LogP contribution in [0.1, 0.15) is 45.1 Å². The van der Waals surface area contributed by atoms with E-state index in [1.165, 1.54) is 5.56 Å². The summed E-state index contributed by atoms with van der Waals surface area (Å²) in [7, 11) is 3.75. The Bertz CT molecular complexity index is 1480. The lowest BCUT2D eigenvalue weighted by Gasteiger charge is -2.41. The highest BCUT2D eigenvalue weighted by Crippen LogP contribution is 2.54. The van der Waals surface area contributed by atoms with Crippen molar-refractivity contribution in [2.75, 3.05) is 30.9 Å². The van der Waals surface area contributed by atoms with Crippen LogP contribution < -0.4 is 15.0 Å². The lowest BCUT2D eigenvalue weighted by molar-refractivity contribution is 0.0492. The van der Waals surface area contributed by atoms with E-state index in [0.717, 1.165) is 52.1 Å². The molecule has 0 aliphatic carbocycles. The number of aldehydes is 1. The predicted octanol–water partition coefficient (Wildman–Crippen LogP) is 7.36. The highest BCUT2D eigenvalue weighted by Gasteiger charge is 2.46. The Hall–Kier alpha value is -4.09. The zero-order valence-electron chi connectivity index (χ0n) is 22.0. The van der Waals surface area contributed by atoms with Gasteiger partial charge in [-0.2, -0.15) is 0 Å². The molecule has 0 saturated heterocycles. The molecule has 5 nitrogen and oxygen atoms in total. The van der Waals surface area contributed by atoms with Gasteiger partial charge in [0.05, 0.1) is 0 Å². The van der Waals surface area contributed by atoms with E-state index < -0.39 is 5.60 Å². The maximum atomic E-state index is 12.2. The van der Waals surface area contributed by atoms with Crippen molar-refractivity contribution in [3.63, 3.8) is 0 Å². The number of aryl methyl sites for hydroxylation is 2. The summed E-state index contributed by atoms with van der Waals surface area (Å²) in [4.78, 5) is 14.4. The highest BCUT2D eigenvalue weighted by atomic mass is 16.5. The maximum absolute atomic E-state index is 12.2. The van der Waals surface area contributed by atoms with Gasteiger partial charge in [-0.25, -0.2) is 0 Å². The van der Waals surface area contributed by atoms with Crippen LogP contribution in [0.15, 0.2) is 78.9 Å². The molecule has 1 unspecified atom stereocenters. The first-order chi connectivity index (χ1) is 17.9. The summed E-state index contributed by atoms with van der Waals surface area (Å²) in [6.45, 7) is 7.12. The van der Waals surface area contributed by atoms with E-state index in [1.54, 1.807) is 7.11 Å². The smallest absolute Gasteiger partial charge is 0.151 e. The molecule has 0 aromatic heterocycles. The zero-order valence-corrected chi connectivity index (χ0v) is 22.0. The van der Waals surface area contributed by atoms with Crippen LogP contribution in [0.4, 0.5) is 17.1 Å². The molecule has 5 heteroatoms. The number of nitrogens with zero attached hydrogens (tertiary/aromatic N) is 1. The largest absolute Gasteiger partial charge is 0.456 e. The van der Waals surface area contributed by atoms with Gasteiger partial charge in [0.15, 0.2) is 5.60 Å². The van der Waals surface area contributed by atoms with Gasteiger partial charge in [-0.05, 0) is 68.3 Å². The molecule has 0 bridgehead atoms. The van der Waals surface area contributed by atoms with Crippen LogP contribution in [-0.2, 0) is 10.3 Å². The van der Waals surface area contributed by atoms with Crippen LogP contribution in [0.2, 0.25) is 0 Å². The molecule has 1 heterocycles. The summed E-state index contributed by atoms with van der Waals surface area (Å²) in [5, 5.41) is 3.57. The van der Waals surface area contributed by atoms with Crippen molar-refractivity contribution in [1.29, 1.82) is 0 Å². The number of ether oxygens (including phenoxy) is 2. The van der Waals surface area contributed by atoms with E-state index in [2.05, 4.69) is 74.4 Å². The predicted molar refractivity (Wildman–Crippen MR) is 150 cm³/mol. The molecule has 37 heavy (non-hydrogen) atoms. The Morgan fingerprint density at radius 1 is 0.919 bits per heavy atom. The van der Waals surface area contributed by atoms with Crippen LogP contribution >= 0.6 is 0 Å². The minimum atomic E-state index is -1.04. The van der Waals surface area contributed by atoms with Gasteiger partial charge in [-0.15, -0.1) is 0 Å². The molecular formula is C32H32N2O3. The second kappa shape index (κ2) is 9.75. The highest BCUT2D eigenvalue weighted by molar-refractivity contribution is 5.81. The van der Waals surface area contributed by atoms with Crippen molar-refractivity contribution in [2.24, 2.45) is 0 Å². The van der Waals surface area contributed by atoms with Crippen LogP contribution in [0.3, 0.4) is 0 Å². The maximum Gasteiger partial charge on any atom is 0.151 e. The van der Waals surface area contributed by atoms with E-state index in [0.29, 0.717) is 17.1 Å². The lowest BCUT2D eigenvalue weighted by atomic mass is 9.75. The average molecular weight is 493 g/mol. The van der Waals surface area contributed by atoms with Gasteiger partial charge in [0, 0.05) is 66.1 Å². The molecule has 0 radical (unpaired) electrons. The summed E-state index contributed by atoms with van der Waals surface area (Å²) in [6, 6.07) is 26.2. The van der Waals surface area contributed by atoms with E-state index in [-0.39, 0.29) is 0 Å². The fraction of sp³-hybridized carbons (Fsp3) is 0.219. The molecule has 5 rings (SSSR count). The number of methoxy groups -OCH3 is 1. The molecule has 4 aromatic rings. The van der Waals surface area contributed by atoms with Crippen molar-refractivity contribution in [2.45, 2.75) is 26.4 Å². The first kappa shape index (κ1) is 24.6. The van der Waals surface area contributed by atoms with Gasteiger partial charge < -0.3 is 19.7 Å². The molecule has 1 aliphatic rings. The van der Waals surface area contributed by atoms with Gasteiger partial charge in [0.2, 0.25) is 0 Å². The zero-order chi connectivity index (χ0) is 26.2. The minimum absolute atomic E-state index is 0.576. The van der Waals surface area contributed by atoms with Crippen LogP contribution in [0.25, 0.3) is 0 Å². The number of carbonyl (C=O) groups is 1. The quantitative estimate of drug-likeness (QED) is 0.273. The number of hydrogen-bond donors (Lipinski definition) is 1. The Morgan fingerprint density at radius 2 is 1.70 bits per heavy atom. The van der Waals surface area contributed by atoms with Crippen molar-refractivity contribution in [3.05, 3.63) is 112 Å². The Kier molecular flexibility index (Phi) is 6.48. The minimum Gasteiger partial charge on any atom is -0.456 e. The van der Waals surface area contributed by atoms with Gasteiger partial charge in [-0.1, -0.05) is 36.4 Å². The Labute approximate surface area is 218 Å². The normalized spacial score (nSPS) is 15.8. The summed E-state index contributed by atoms with van der Waals surface area (Å²) >= 11 is 0. The van der Waals surface area contributed by atoms with Crippen molar-refractivity contribution in [1.82, 2.24) is 0 Å². The topological polar surface area (TPSA) is 50.8 Å². The summed E-state index contributed by atoms with van der Waals surface area (Å²) in [6.07, 6.45) is 0.893. The monoisotopic (exact) mass is 492 g/mol. The number of hydrogen-bond acceptors (Lipinski definition) is 5. The number of nitrogens with one attached hydrogen (secondary N) is 1. The third-order valence-electron chi connectivity index (χ3n) is 7.26. The first-order valence-corrected chi connectivity index (χ1v) is 12.5. The van der Waals surface area contributed by atoms with E-state index in [1.807, 2.05) is 42.5 Å². The first-order valence-electron chi connectivity index (χ1n) is 12.5. The van der Waals surface area contributed by atoms with Crippen LogP contribution in [-0.4, -0.2) is 27.0 Å². The number of rotatable bonds is 7. The lowest BCUT2D eigenvalue weighted by Crippen LogP contribution is -2.36. The van der Waals surface area contributed by atoms with Crippen molar-refractivity contribution < 1.29 is 14.3 Å². The molecule has 1 aliphatic heterocycles. The fourth-order valence-corrected chi connectivity index (χ4v) is 5.16. The standard InChI is InChI=1S/C32H32N2O3/c1-6-34(4)25-14-15-27-31(18-25)37-30-17-22(3)29(33-24-12-9-10-21(2)16-24)19-28(30)32(27,36-5)26-13-8-7-11-23(26)20-35/h7-20,33H,6H2,1-5H3. The third kappa shape index (κ3) is 4.15. The number of fused-ring (bicyclic) bond motifs is 2. The van der Waals surface area contributed by atoms with Crippen LogP contribution in [0, 0.1) is 13.8 Å². The van der Waals surface area contributed by atoms with E-state index >= 15 is 0 Å². The average Bonchev–Trinajstić information content (AvgIpc) is 2.91. The van der Waals surface area contributed by atoms with Gasteiger partial charge in [-0.3, -0.25) is 4.79 Å². The van der Waals surface area contributed by atoms with E-state index in [9.17, 15) is 4.79 Å². The molecule has 188 valence electrons. The number of anilines is 3. The molecule has 1 N–H and O–H groups in total. The second-order valence-electron chi connectivity index (χ2n) is 9.54. The second-order valence-corrected chi connectivity index (χ2v) is 9.54. The molecule has 4 aromatic carbocycles. The number of carbonyl (C=O) groups excluding carboxylic acids is 1.